The molecular weight excluding hydrogens is 465 g/mol. The Labute approximate surface area is 200 Å². The lowest BCUT2D eigenvalue weighted by Gasteiger charge is -2.33. The number of aryl methyl sites for hydroxylation is 1. The molecule has 4 rings (SSSR count). The number of nitrogens with zero attached hydrogens (tertiary/aromatic N) is 4. The van der Waals surface area contributed by atoms with Crippen LogP contribution in [0.15, 0.2) is 48.1 Å². The van der Waals surface area contributed by atoms with Gasteiger partial charge in [-0.2, -0.15) is 13.2 Å². The van der Waals surface area contributed by atoms with Crippen LogP contribution in [0.4, 0.5) is 18.0 Å². The Kier molecular flexibility index (Phi) is 7.47. The van der Waals surface area contributed by atoms with Crippen LogP contribution in [0.2, 0.25) is 0 Å². The van der Waals surface area contributed by atoms with Gasteiger partial charge in [-0.3, -0.25) is 9.88 Å². The zero-order valence-electron chi connectivity index (χ0n) is 18.7. The molecule has 6 nitrogen and oxygen atoms in total. The van der Waals surface area contributed by atoms with Crippen LogP contribution in [0.1, 0.15) is 27.4 Å². The van der Waals surface area contributed by atoms with Crippen molar-refractivity contribution < 1.29 is 22.7 Å². The number of thiazole rings is 1. The highest BCUT2D eigenvalue weighted by molar-refractivity contribution is 7.09. The van der Waals surface area contributed by atoms with Gasteiger partial charge in [-0.1, -0.05) is 12.1 Å². The van der Waals surface area contributed by atoms with Crippen molar-refractivity contribution in [2.24, 2.45) is 0 Å². The van der Waals surface area contributed by atoms with Gasteiger partial charge < -0.3 is 9.64 Å². The number of aromatic nitrogens is 2. The van der Waals surface area contributed by atoms with E-state index in [1.165, 1.54) is 10.9 Å². The van der Waals surface area contributed by atoms with E-state index in [1.54, 1.807) is 40.5 Å². The number of pyridine rings is 1. The van der Waals surface area contributed by atoms with Crippen LogP contribution in [0.3, 0.4) is 0 Å². The van der Waals surface area contributed by atoms with E-state index in [2.05, 4.69) is 14.9 Å². The van der Waals surface area contributed by atoms with Crippen LogP contribution in [0.5, 0.6) is 5.75 Å². The Balaban J connectivity index is 1.23. The molecule has 1 aromatic carbocycles. The molecule has 1 aliphatic rings. The van der Waals surface area contributed by atoms with Crippen molar-refractivity contribution in [2.75, 3.05) is 32.7 Å². The number of benzene rings is 1. The monoisotopic (exact) mass is 490 g/mol. The molecule has 0 N–H and O–H groups in total. The highest BCUT2D eigenvalue weighted by Gasteiger charge is 2.30. The van der Waals surface area contributed by atoms with Gasteiger partial charge in [0, 0.05) is 55.9 Å². The number of rotatable bonds is 6. The summed E-state index contributed by atoms with van der Waals surface area (Å²) in [6.45, 7) is 5.79. The highest BCUT2D eigenvalue weighted by Crippen LogP contribution is 2.28. The lowest BCUT2D eigenvalue weighted by atomic mass is 10.1. The maximum absolute atomic E-state index is 12.7. The third kappa shape index (κ3) is 6.32. The van der Waals surface area contributed by atoms with Gasteiger partial charge in [-0.05, 0) is 43.2 Å². The summed E-state index contributed by atoms with van der Waals surface area (Å²) in [6.07, 6.45) is -2.59. The topological polar surface area (TPSA) is 58.6 Å². The third-order valence-electron chi connectivity index (χ3n) is 5.80. The SMILES string of the molecule is Cc1ncsc1CCN1CCN(C(=O)Oc2ccc(Cc3ccc(C(F)(F)F)cn3)cc2)CC1. The number of alkyl halides is 3. The summed E-state index contributed by atoms with van der Waals surface area (Å²) >= 11 is 1.68. The fourth-order valence-corrected chi connectivity index (χ4v) is 4.50. The normalized spacial score (nSPS) is 14.9. The average Bonchev–Trinajstić information content (AvgIpc) is 3.23. The molecule has 0 atom stereocenters. The number of hydrogen-bond acceptors (Lipinski definition) is 6. The minimum absolute atomic E-state index is 0.380. The van der Waals surface area contributed by atoms with E-state index >= 15 is 0 Å². The zero-order valence-corrected chi connectivity index (χ0v) is 19.5. The first-order valence-electron chi connectivity index (χ1n) is 11.0. The highest BCUT2D eigenvalue weighted by atomic mass is 32.1. The molecule has 0 bridgehead atoms. The summed E-state index contributed by atoms with van der Waals surface area (Å²) in [5.74, 6) is 0.428. The number of ether oxygens (including phenoxy) is 1. The Morgan fingerprint density at radius 2 is 1.79 bits per heavy atom. The van der Waals surface area contributed by atoms with E-state index < -0.39 is 11.7 Å². The molecule has 1 aliphatic heterocycles. The molecule has 0 spiro atoms. The summed E-state index contributed by atoms with van der Waals surface area (Å²) in [5.41, 5.74) is 3.58. The minimum Gasteiger partial charge on any atom is -0.410 e. The molecular formula is C24H25F3N4O2S. The van der Waals surface area contributed by atoms with Gasteiger partial charge >= 0.3 is 12.3 Å². The largest absolute Gasteiger partial charge is 0.417 e. The fourth-order valence-electron chi connectivity index (χ4n) is 3.73. The smallest absolute Gasteiger partial charge is 0.410 e. The van der Waals surface area contributed by atoms with Crippen molar-refractivity contribution in [3.05, 3.63) is 75.5 Å². The van der Waals surface area contributed by atoms with Gasteiger partial charge in [0.25, 0.3) is 0 Å². The van der Waals surface area contributed by atoms with Gasteiger partial charge in [-0.15, -0.1) is 11.3 Å². The molecule has 10 heteroatoms. The zero-order chi connectivity index (χ0) is 24.1. The van der Waals surface area contributed by atoms with Crippen LogP contribution < -0.4 is 4.74 Å². The first-order chi connectivity index (χ1) is 16.3. The van der Waals surface area contributed by atoms with Gasteiger partial charge in [0.15, 0.2) is 0 Å². The third-order valence-corrected chi connectivity index (χ3v) is 6.79. The van der Waals surface area contributed by atoms with Crippen molar-refractivity contribution in [1.82, 2.24) is 19.8 Å². The second-order valence-electron chi connectivity index (χ2n) is 8.16. The molecule has 0 saturated carbocycles. The second-order valence-corrected chi connectivity index (χ2v) is 9.10. The molecule has 3 aromatic rings. The molecule has 1 amide bonds. The van der Waals surface area contributed by atoms with Gasteiger partial charge in [-0.25, -0.2) is 9.78 Å². The Morgan fingerprint density at radius 1 is 1.06 bits per heavy atom. The van der Waals surface area contributed by atoms with Crippen molar-refractivity contribution in [3.8, 4) is 5.75 Å². The summed E-state index contributed by atoms with van der Waals surface area (Å²) in [5, 5.41) is 0. The number of amides is 1. The van der Waals surface area contributed by atoms with Gasteiger partial charge in [0.05, 0.1) is 16.8 Å². The predicted molar refractivity (Wildman–Crippen MR) is 123 cm³/mol. The molecule has 180 valence electrons. The van der Waals surface area contributed by atoms with E-state index in [9.17, 15) is 18.0 Å². The van der Waals surface area contributed by atoms with Crippen LogP contribution in [-0.2, 0) is 19.0 Å². The van der Waals surface area contributed by atoms with E-state index in [0.29, 0.717) is 31.0 Å². The van der Waals surface area contributed by atoms with Crippen LogP contribution >= 0.6 is 11.3 Å². The summed E-state index contributed by atoms with van der Waals surface area (Å²) in [7, 11) is 0. The van der Waals surface area contributed by atoms with Gasteiger partial charge in [0.1, 0.15) is 5.75 Å². The van der Waals surface area contributed by atoms with Crippen LogP contribution in [0, 0.1) is 6.92 Å². The molecule has 3 heterocycles. The summed E-state index contributed by atoms with van der Waals surface area (Å²) in [6, 6.07) is 9.33. The van der Waals surface area contributed by atoms with E-state index in [0.717, 1.165) is 49.6 Å². The molecule has 0 aliphatic carbocycles. The van der Waals surface area contributed by atoms with Crippen molar-refractivity contribution in [1.29, 1.82) is 0 Å². The first kappa shape index (κ1) is 24.2. The van der Waals surface area contributed by atoms with Crippen LogP contribution in [-0.4, -0.2) is 58.6 Å². The maximum Gasteiger partial charge on any atom is 0.417 e. The predicted octanol–water partition coefficient (Wildman–Crippen LogP) is 4.82. The van der Waals surface area contributed by atoms with Crippen molar-refractivity contribution in [3.63, 3.8) is 0 Å². The minimum atomic E-state index is -4.40. The lowest BCUT2D eigenvalue weighted by molar-refractivity contribution is -0.137. The van der Waals surface area contributed by atoms with Gasteiger partial charge in [0.2, 0.25) is 0 Å². The quantitative estimate of drug-likeness (QED) is 0.496. The van der Waals surface area contributed by atoms with E-state index in [4.69, 9.17) is 4.74 Å². The lowest BCUT2D eigenvalue weighted by Crippen LogP contribution is -2.49. The first-order valence-corrected chi connectivity index (χ1v) is 11.8. The molecule has 1 saturated heterocycles. The van der Waals surface area contributed by atoms with Crippen LogP contribution in [0.25, 0.3) is 0 Å². The van der Waals surface area contributed by atoms with E-state index in [-0.39, 0.29) is 6.09 Å². The standard InChI is InChI=1S/C24H25F3N4O2S/c1-17-22(34-16-29-17)8-9-30-10-12-31(13-11-30)23(32)33-21-6-2-18(3-7-21)14-20-5-4-19(15-28-20)24(25,26)27/h2-7,15-16H,8-14H2,1H3. The molecule has 34 heavy (non-hydrogen) atoms. The number of carbonyl (C=O) groups is 1. The second kappa shape index (κ2) is 10.5. The molecule has 0 radical (unpaired) electrons. The molecule has 1 fully saturated rings. The number of piperazine rings is 1. The van der Waals surface area contributed by atoms with Crippen molar-refractivity contribution >= 4 is 17.4 Å². The Hall–Kier alpha value is -2.98. The number of hydrogen-bond donors (Lipinski definition) is 0. The number of carbonyl (C=O) groups excluding carboxylic acids is 1. The summed E-state index contributed by atoms with van der Waals surface area (Å²) in [4.78, 5) is 26.1. The van der Waals surface area contributed by atoms with E-state index in [1.807, 2.05) is 12.4 Å². The Morgan fingerprint density at radius 3 is 2.38 bits per heavy atom. The Bertz CT molecular complexity index is 1090. The fraction of sp³-hybridized carbons (Fsp3) is 0.375. The molecule has 0 unspecified atom stereocenters. The molecule has 2 aromatic heterocycles. The summed E-state index contributed by atoms with van der Waals surface area (Å²) < 4.78 is 43.5. The maximum atomic E-state index is 12.7. The number of halogens is 3. The van der Waals surface area contributed by atoms with Crippen molar-refractivity contribution in [2.45, 2.75) is 25.9 Å². The average molecular weight is 491 g/mol.